The van der Waals surface area contributed by atoms with E-state index in [1.807, 2.05) is 18.2 Å². The van der Waals surface area contributed by atoms with Crippen LogP contribution >= 0.6 is 11.3 Å². The molecular formula is C18H11F2N3S. The summed E-state index contributed by atoms with van der Waals surface area (Å²) in [6, 6.07) is 13.5. The molecular weight excluding hydrogens is 328 g/mol. The molecule has 0 aliphatic heterocycles. The van der Waals surface area contributed by atoms with E-state index < -0.39 is 11.8 Å². The summed E-state index contributed by atoms with van der Waals surface area (Å²) in [6.45, 7) is 0. The van der Waals surface area contributed by atoms with Crippen molar-refractivity contribution in [3.05, 3.63) is 66.5 Å². The van der Waals surface area contributed by atoms with Crippen LogP contribution in [0.5, 0.6) is 0 Å². The van der Waals surface area contributed by atoms with Gasteiger partial charge < -0.3 is 5.73 Å². The van der Waals surface area contributed by atoms with E-state index in [9.17, 15) is 8.78 Å². The monoisotopic (exact) mass is 339 g/mol. The molecule has 0 fully saturated rings. The number of nitrogen functional groups attached to an aromatic ring is 1. The summed E-state index contributed by atoms with van der Waals surface area (Å²) in [4.78, 5) is 9.98. The molecule has 0 aliphatic rings. The molecule has 4 aromatic rings. The van der Waals surface area contributed by atoms with Crippen molar-refractivity contribution in [3.8, 4) is 21.7 Å². The molecule has 6 heteroatoms. The first-order valence-electron chi connectivity index (χ1n) is 7.18. The topological polar surface area (TPSA) is 51.8 Å². The number of nitrogens with two attached hydrogens (primary N) is 1. The van der Waals surface area contributed by atoms with Crippen LogP contribution in [0.3, 0.4) is 0 Å². The number of thiophene rings is 1. The lowest BCUT2D eigenvalue weighted by Gasteiger charge is -2.00. The molecule has 0 saturated carbocycles. The molecule has 3 aromatic heterocycles. The van der Waals surface area contributed by atoms with Crippen molar-refractivity contribution in [2.45, 2.75) is 0 Å². The van der Waals surface area contributed by atoms with Crippen molar-refractivity contribution in [1.29, 1.82) is 0 Å². The molecule has 118 valence electrons. The van der Waals surface area contributed by atoms with E-state index in [2.05, 4.69) is 9.97 Å². The van der Waals surface area contributed by atoms with E-state index >= 15 is 0 Å². The third kappa shape index (κ3) is 2.61. The molecule has 2 N–H and O–H groups in total. The van der Waals surface area contributed by atoms with Crippen molar-refractivity contribution in [1.82, 2.24) is 9.97 Å². The number of anilines is 1. The number of rotatable bonds is 2. The summed E-state index contributed by atoms with van der Waals surface area (Å²) in [6.07, 6.45) is 1.45. The molecule has 1 aromatic carbocycles. The molecule has 0 saturated heterocycles. The zero-order chi connectivity index (χ0) is 16.7. The molecule has 3 heterocycles. The van der Waals surface area contributed by atoms with E-state index in [4.69, 9.17) is 5.73 Å². The second kappa shape index (κ2) is 5.65. The van der Waals surface area contributed by atoms with Gasteiger partial charge >= 0.3 is 0 Å². The Kier molecular flexibility index (Phi) is 3.46. The van der Waals surface area contributed by atoms with Gasteiger partial charge in [0, 0.05) is 22.0 Å². The minimum Gasteiger partial charge on any atom is -0.396 e. The average Bonchev–Trinajstić information content (AvgIpc) is 3.01. The Morgan fingerprint density at radius 1 is 0.917 bits per heavy atom. The first kappa shape index (κ1) is 14.7. The van der Waals surface area contributed by atoms with Gasteiger partial charge in [-0.15, -0.1) is 11.3 Å². The molecule has 3 nitrogen and oxygen atoms in total. The number of pyridine rings is 2. The number of halogens is 2. The highest BCUT2D eigenvalue weighted by Gasteiger charge is 2.09. The Morgan fingerprint density at radius 3 is 2.50 bits per heavy atom. The predicted octanol–water partition coefficient (Wildman–Crippen LogP) is 4.89. The molecule has 0 bridgehead atoms. The summed E-state index contributed by atoms with van der Waals surface area (Å²) in [5.74, 6) is -0.959. The van der Waals surface area contributed by atoms with Gasteiger partial charge in [-0.05, 0) is 48.0 Å². The molecule has 0 aliphatic carbocycles. The van der Waals surface area contributed by atoms with Gasteiger partial charge in [0.2, 0.25) is 5.95 Å². The SMILES string of the molecule is Nc1ccc(-c2cc3ccc(-c4ccc(F)nc4)nc3s2)cc1F. The quantitative estimate of drug-likeness (QED) is 0.418. The Balaban J connectivity index is 1.78. The van der Waals surface area contributed by atoms with Crippen molar-refractivity contribution in [2.24, 2.45) is 0 Å². The fourth-order valence-corrected chi connectivity index (χ4v) is 3.46. The van der Waals surface area contributed by atoms with Gasteiger partial charge in [0.25, 0.3) is 0 Å². The van der Waals surface area contributed by atoms with Crippen LogP contribution in [0.4, 0.5) is 14.5 Å². The zero-order valence-electron chi connectivity index (χ0n) is 12.3. The Morgan fingerprint density at radius 2 is 1.75 bits per heavy atom. The van der Waals surface area contributed by atoms with Gasteiger partial charge in [0.05, 0.1) is 11.4 Å². The van der Waals surface area contributed by atoms with Gasteiger partial charge in [-0.2, -0.15) is 4.39 Å². The zero-order valence-corrected chi connectivity index (χ0v) is 13.1. The van der Waals surface area contributed by atoms with E-state index in [-0.39, 0.29) is 5.69 Å². The lowest BCUT2D eigenvalue weighted by atomic mass is 10.1. The molecule has 24 heavy (non-hydrogen) atoms. The van der Waals surface area contributed by atoms with Crippen LogP contribution in [-0.2, 0) is 0 Å². The maximum absolute atomic E-state index is 13.7. The Hall–Kier alpha value is -2.86. The maximum Gasteiger partial charge on any atom is 0.212 e. The van der Waals surface area contributed by atoms with Crippen LogP contribution < -0.4 is 5.73 Å². The van der Waals surface area contributed by atoms with Crippen LogP contribution in [0.1, 0.15) is 0 Å². The lowest BCUT2D eigenvalue weighted by molar-refractivity contribution is 0.584. The normalized spacial score (nSPS) is 11.1. The maximum atomic E-state index is 13.7. The van der Waals surface area contributed by atoms with Crippen LogP contribution in [-0.4, -0.2) is 9.97 Å². The third-order valence-corrected chi connectivity index (χ3v) is 4.78. The predicted molar refractivity (Wildman–Crippen MR) is 92.6 cm³/mol. The highest BCUT2D eigenvalue weighted by atomic mass is 32.1. The summed E-state index contributed by atoms with van der Waals surface area (Å²) in [5, 5.41) is 0.964. The molecule has 0 atom stereocenters. The molecule has 0 unspecified atom stereocenters. The van der Waals surface area contributed by atoms with Crippen LogP contribution in [0.25, 0.3) is 31.9 Å². The number of hydrogen-bond acceptors (Lipinski definition) is 4. The van der Waals surface area contributed by atoms with Gasteiger partial charge in [0.1, 0.15) is 10.6 Å². The molecule has 0 spiro atoms. The first-order valence-corrected chi connectivity index (χ1v) is 8.00. The number of nitrogens with zero attached hydrogens (tertiary/aromatic N) is 2. The smallest absolute Gasteiger partial charge is 0.212 e. The second-order valence-corrected chi connectivity index (χ2v) is 6.34. The first-order chi connectivity index (χ1) is 11.6. The third-order valence-electron chi connectivity index (χ3n) is 3.69. The largest absolute Gasteiger partial charge is 0.396 e. The number of aromatic nitrogens is 2. The van der Waals surface area contributed by atoms with Gasteiger partial charge in [-0.1, -0.05) is 6.07 Å². The van der Waals surface area contributed by atoms with Crippen LogP contribution in [0.15, 0.2) is 54.7 Å². The van der Waals surface area contributed by atoms with Crippen LogP contribution in [0.2, 0.25) is 0 Å². The fourth-order valence-electron chi connectivity index (χ4n) is 2.43. The minimum absolute atomic E-state index is 0.129. The van der Waals surface area contributed by atoms with E-state index in [0.29, 0.717) is 5.69 Å². The Labute approximate surface area is 140 Å². The fraction of sp³-hybridized carbons (Fsp3) is 0. The highest BCUT2D eigenvalue weighted by molar-refractivity contribution is 7.21. The molecule has 0 radical (unpaired) electrons. The van der Waals surface area contributed by atoms with Gasteiger partial charge in [0.15, 0.2) is 0 Å². The minimum atomic E-state index is -0.524. The highest BCUT2D eigenvalue weighted by Crippen LogP contribution is 2.34. The molecule has 4 rings (SSSR count). The van der Waals surface area contributed by atoms with Crippen LogP contribution in [0, 0.1) is 11.8 Å². The summed E-state index contributed by atoms with van der Waals surface area (Å²) in [5.41, 5.74) is 7.87. The van der Waals surface area contributed by atoms with Crippen molar-refractivity contribution in [3.63, 3.8) is 0 Å². The standard InChI is InChI=1S/C18H11F2N3S/c19-13-7-10(1-4-14(13)21)16-8-11-2-5-15(23-18(11)24-16)12-3-6-17(20)22-9-12/h1-9H,21H2. The van der Waals surface area contributed by atoms with Crippen molar-refractivity contribution < 1.29 is 8.78 Å². The van der Waals surface area contributed by atoms with E-state index in [1.54, 1.807) is 18.2 Å². The van der Waals surface area contributed by atoms with Gasteiger partial charge in [-0.3, -0.25) is 0 Å². The summed E-state index contributed by atoms with van der Waals surface area (Å²) >= 11 is 1.46. The van der Waals surface area contributed by atoms with Crippen molar-refractivity contribution in [2.75, 3.05) is 5.73 Å². The number of fused-ring (bicyclic) bond motifs is 1. The number of benzene rings is 1. The van der Waals surface area contributed by atoms with Gasteiger partial charge in [-0.25, -0.2) is 14.4 Å². The average molecular weight is 339 g/mol. The lowest BCUT2D eigenvalue weighted by Crippen LogP contribution is -1.89. The van der Waals surface area contributed by atoms with E-state index in [0.717, 1.165) is 26.2 Å². The second-order valence-electron chi connectivity index (χ2n) is 5.31. The molecule has 0 amide bonds. The summed E-state index contributed by atoms with van der Waals surface area (Å²) in [7, 11) is 0. The Bertz CT molecular complexity index is 1040. The number of hydrogen-bond donors (Lipinski definition) is 1. The summed E-state index contributed by atoms with van der Waals surface area (Å²) < 4.78 is 26.6. The van der Waals surface area contributed by atoms with Crippen molar-refractivity contribution >= 4 is 27.2 Å². The van der Waals surface area contributed by atoms with E-state index in [1.165, 1.54) is 29.7 Å².